The van der Waals surface area contributed by atoms with Gasteiger partial charge in [0.05, 0.1) is 11.0 Å². The molecular weight excluding hydrogens is 364 g/mol. The molecule has 0 radical (unpaired) electrons. The molecule has 1 saturated carbocycles. The fourth-order valence-corrected chi connectivity index (χ4v) is 5.75. The third-order valence-corrected chi connectivity index (χ3v) is 7.63. The lowest BCUT2D eigenvalue weighted by atomic mass is 9.77. The Morgan fingerprint density at radius 3 is 2.44 bits per heavy atom. The van der Waals surface area contributed by atoms with Crippen LogP contribution in [-0.2, 0) is 9.84 Å². The number of hydrogen-bond acceptors (Lipinski definition) is 5. The molecule has 0 spiro atoms. The first-order valence-electron chi connectivity index (χ1n) is 9.84. The third-order valence-electron chi connectivity index (χ3n) is 6.52. The maximum atomic E-state index is 12.9. The molecule has 1 aliphatic carbocycles. The van der Waals surface area contributed by atoms with Crippen LogP contribution in [-0.4, -0.2) is 73.8 Å². The van der Waals surface area contributed by atoms with Crippen molar-refractivity contribution in [1.82, 2.24) is 9.80 Å². The van der Waals surface area contributed by atoms with E-state index in [4.69, 9.17) is 0 Å². The van der Waals surface area contributed by atoms with Crippen LogP contribution in [0.2, 0.25) is 0 Å². The Hall–Kier alpha value is -1.44. The number of aliphatic hydroxyl groups excluding tert-OH is 1. The lowest BCUT2D eigenvalue weighted by molar-refractivity contribution is -0.000865. The minimum atomic E-state index is -3.34. The van der Waals surface area contributed by atoms with Gasteiger partial charge >= 0.3 is 0 Å². The molecule has 6 nitrogen and oxygen atoms in total. The molecule has 2 saturated heterocycles. The van der Waals surface area contributed by atoms with E-state index < -0.39 is 9.84 Å². The summed E-state index contributed by atoms with van der Waals surface area (Å²) in [4.78, 5) is 17.4. The van der Waals surface area contributed by atoms with E-state index >= 15 is 0 Å². The van der Waals surface area contributed by atoms with Gasteiger partial charge in [-0.25, -0.2) is 8.42 Å². The van der Waals surface area contributed by atoms with Crippen LogP contribution < -0.4 is 0 Å². The van der Waals surface area contributed by atoms with Crippen molar-refractivity contribution in [3.05, 3.63) is 29.8 Å². The maximum Gasteiger partial charge on any atom is 0.253 e. The molecular formula is C20H28N2O4S. The molecule has 7 heteroatoms. The second-order valence-electron chi connectivity index (χ2n) is 8.38. The van der Waals surface area contributed by atoms with E-state index in [9.17, 15) is 18.3 Å². The molecule has 2 aliphatic heterocycles. The van der Waals surface area contributed by atoms with Crippen molar-refractivity contribution in [2.45, 2.75) is 42.7 Å². The highest BCUT2D eigenvalue weighted by Crippen LogP contribution is 2.39. The predicted molar refractivity (Wildman–Crippen MR) is 102 cm³/mol. The van der Waals surface area contributed by atoms with Gasteiger partial charge in [-0.05, 0) is 68.8 Å². The van der Waals surface area contributed by atoms with Gasteiger partial charge in [0, 0.05) is 31.0 Å². The SMILES string of the molecule is CS(=O)(=O)c1cccc(C(=O)N2C[C@H]3C[C@@H](N4CCCC4)[C@H](O)C[C@H]3C2)c1. The van der Waals surface area contributed by atoms with Gasteiger partial charge in [-0.15, -0.1) is 0 Å². The minimum Gasteiger partial charge on any atom is -0.391 e. The number of benzene rings is 1. The van der Waals surface area contributed by atoms with Crippen LogP contribution in [0.25, 0.3) is 0 Å². The summed E-state index contributed by atoms with van der Waals surface area (Å²) in [5, 5.41) is 10.6. The molecule has 3 fully saturated rings. The third kappa shape index (κ3) is 3.77. The molecule has 1 amide bonds. The van der Waals surface area contributed by atoms with Gasteiger partial charge in [0.15, 0.2) is 9.84 Å². The second-order valence-corrected chi connectivity index (χ2v) is 10.4. The molecule has 4 rings (SSSR count). The van der Waals surface area contributed by atoms with Gasteiger partial charge in [0.2, 0.25) is 0 Å². The lowest BCUT2D eigenvalue weighted by Crippen LogP contribution is -2.48. The minimum absolute atomic E-state index is 0.109. The number of hydrogen-bond donors (Lipinski definition) is 1. The number of amides is 1. The zero-order chi connectivity index (χ0) is 19.2. The predicted octanol–water partition coefficient (Wildman–Crippen LogP) is 1.40. The number of nitrogens with zero attached hydrogens (tertiary/aromatic N) is 2. The van der Waals surface area contributed by atoms with Crippen molar-refractivity contribution in [1.29, 1.82) is 0 Å². The Morgan fingerprint density at radius 2 is 1.78 bits per heavy atom. The molecule has 1 N–H and O–H groups in total. The molecule has 27 heavy (non-hydrogen) atoms. The Kier molecular flexibility index (Phi) is 5.03. The van der Waals surface area contributed by atoms with Crippen molar-refractivity contribution in [2.24, 2.45) is 11.8 Å². The van der Waals surface area contributed by atoms with E-state index in [-0.39, 0.29) is 22.9 Å². The number of carbonyl (C=O) groups excluding carboxylic acids is 1. The van der Waals surface area contributed by atoms with E-state index in [1.807, 2.05) is 4.90 Å². The maximum absolute atomic E-state index is 12.9. The highest BCUT2D eigenvalue weighted by atomic mass is 32.2. The Bertz CT molecular complexity index is 819. The zero-order valence-electron chi connectivity index (χ0n) is 15.8. The van der Waals surface area contributed by atoms with Crippen LogP contribution in [0, 0.1) is 11.8 Å². The summed E-state index contributed by atoms with van der Waals surface area (Å²) in [7, 11) is -3.34. The normalized spacial score (nSPS) is 31.9. The second kappa shape index (κ2) is 7.18. The van der Waals surface area contributed by atoms with Crippen molar-refractivity contribution < 1.29 is 18.3 Å². The average Bonchev–Trinajstić information content (AvgIpc) is 3.29. The first kappa shape index (κ1) is 18.9. The first-order valence-corrected chi connectivity index (χ1v) is 11.7. The number of carbonyl (C=O) groups is 1. The topological polar surface area (TPSA) is 77.9 Å². The number of likely N-dealkylation sites (tertiary alicyclic amines) is 2. The zero-order valence-corrected chi connectivity index (χ0v) is 16.6. The van der Waals surface area contributed by atoms with E-state index in [1.54, 1.807) is 12.1 Å². The van der Waals surface area contributed by atoms with Gasteiger partial charge in [-0.3, -0.25) is 9.69 Å². The average molecular weight is 393 g/mol. The molecule has 2 heterocycles. The molecule has 4 atom stereocenters. The van der Waals surface area contributed by atoms with E-state index in [0.29, 0.717) is 30.5 Å². The number of fused-ring (bicyclic) bond motifs is 1. The standard InChI is InChI=1S/C20H28N2O4S/c1-27(25,26)17-6-4-5-14(9-17)20(24)22-12-15-10-18(21-7-2-3-8-21)19(23)11-16(15)13-22/h4-6,9,15-16,18-19,23H,2-3,7-8,10-13H2,1H3/t15-,16+,18-,19-/m1/s1. The lowest BCUT2D eigenvalue weighted by Gasteiger charge is -2.40. The number of sulfone groups is 1. The monoisotopic (exact) mass is 392 g/mol. The quantitative estimate of drug-likeness (QED) is 0.841. The fourth-order valence-electron chi connectivity index (χ4n) is 5.08. The van der Waals surface area contributed by atoms with Gasteiger partial charge in [0.1, 0.15) is 0 Å². The summed E-state index contributed by atoms with van der Waals surface area (Å²) in [5.41, 5.74) is 0.424. The summed E-state index contributed by atoms with van der Waals surface area (Å²) >= 11 is 0. The molecule has 0 aromatic heterocycles. The highest BCUT2D eigenvalue weighted by Gasteiger charge is 2.45. The molecule has 148 valence electrons. The van der Waals surface area contributed by atoms with Gasteiger partial charge < -0.3 is 10.0 Å². The van der Waals surface area contributed by atoms with E-state index in [2.05, 4.69) is 4.90 Å². The number of rotatable bonds is 3. The first-order chi connectivity index (χ1) is 12.8. The summed E-state index contributed by atoms with van der Waals surface area (Å²) < 4.78 is 23.5. The summed E-state index contributed by atoms with van der Waals surface area (Å²) in [6.07, 6.45) is 4.95. The Labute approximate surface area is 161 Å². The molecule has 0 bridgehead atoms. The Morgan fingerprint density at radius 1 is 1.11 bits per heavy atom. The van der Waals surface area contributed by atoms with Crippen LogP contribution in [0.1, 0.15) is 36.0 Å². The van der Waals surface area contributed by atoms with Crippen molar-refractivity contribution in [3.63, 3.8) is 0 Å². The van der Waals surface area contributed by atoms with Crippen LogP contribution in [0.3, 0.4) is 0 Å². The van der Waals surface area contributed by atoms with Crippen molar-refractivity contribution in [2.75, 3.05) is 32.4 Å². The largest absolute Gasteiger partial charge is 0.391 e. The van der Waals surface area contributed by atoms with Crippen molar-refractivity contribution in [3.8, 4) is 0 Å². The Balaban J connectivity index is 1.47. The summed E-state index contributed by atoms with van der Waals surface area (Å²) in [5.74, 6) is 0.643. The number of aliphatic hydroxyl groups is 1. The van der Waals surface area contributed by atoms with Crippen LogP contribution >= 0.6 is 0 Å². The van der Waals surface area contributed by atoms with Crippen LogP contribution in [0.4, 0.5) is 0 Å². The summed E-state index contributed by atoms with van der Waals surface area (Å²) in [6, 6.07) is 6.52. The van der Waals surface area contributed by atoms with E-state index in [0.717, 1.165) is 32.2 Å². The smallest absolute Gasteiger partial charge is 0.253 e. The van der Waals surface area contributed by atoms with Crippen LogP contribution in [0.5, 0.6) is 0 Å². The van der Waals surface area contributed by atoms with Gasteiger partial charge in [-0.2, -0.15) is 0 Å². The molecule has 1 aromatic rings. The molecule has 1 aromatic carbocycles. The van der Waals surface area contributed by atoms with Gasteiger partial charge in [0.25, 0.3) is 5.91 Å². The molecule has 3 aliphatic rings. The van der Waals surface area contributed by atoms with Gasteiger partial charge in [-0.1, -0.05) is 6.07 Å². The fraction of sp³-hybridized carbons (Fsp3) is 0.650. The highest BCUT2D eigenvalue weighted by molar-refractivity contribution is 7.90. The molecule has 0 unspecified atom stereocenters. The van der Waals surface area contributed by atoms with Crippen molar-refractivity contribution >= 4 is 15.7 Å². The van der Waals surface area contributed by atoms with Crippen LogP contribution in [0.15, 0.2) is 29.2 Å². The summed E-state index contributed by atoms with van der Waals surface area (Å²) in [6.45, 7) is 3.49. The van der Waals surface area contributed by atoms with E-state index in [1.165, 1.54) is 25.0 Å².